The summed E-state index contributed by atoms with van der Waals surface area (Å²) in [6, 6.07) is 8.17. The molecule has 0 atom stereocenters. The Morgan fingerprint density at radius 2 is 2.00 bits per heavy atom. The van der Waals surface area contributed by atoms with Crippen molar-refractivity contribution < 1.29 is 0 Å². The van der Waals surface area contributed by atoms with Crippen LogP contribution in [0.15, 0.2) is 38.1 Å². The van der Waals surface area contributed by atoms with Gasteiger partial charge in [-0.3, -0.25) is 0 Å². The summed E-state index contributed by atoms with van der Waals surface area (Å²) in [6.07, 6.45) is 0. The van der Waals surface area contributed by atoms with E-state index in [1.165, 1.54) is 4.90 Å². The second kappa shape index (κ2) is 7.25. The molecule has 0 N–H and O–H groups in total. The first-order chi connectivity index (χ1) is 9.47. The van der Waals surface area contributed by atoms with Gasteiger partial charge in [-0.15, -0.1) is 11.8 Å². The highest BCUT2D eigenvalue weighted by molar-refractivity contribution is 9.10. The summed E-state index contributed by atoms with van der Waals surface area (Å²) in [7, 11) is 0. The molecule has 0 aliphatic heterocycles. The van der Waals surface area contributed by atoms with Crippen molar-refractivity contribution in [2.24, 2.45) is 0 Å². The summed E-state index contributed by atoms with van der Waals surface area (Å²) in [5, 5.41) is 0.480. The van der Waals surface area contributed by atoms with Crippen molar-refractivity contribution in [1.82, 2.24) is 9.97 Å². The molecule has 0 amide bonds. The number of nitrogens with zero attached hydrogens (tertiary/aromatic N) is 2. The van der Waals surface area contributed by atoms with Crippen LogP contribution < -0.4 is 0 Å². The van der Waals surface area contributed by atoms with Crippen LogP contribution in [0.4, 0.5) is 0 Å². The maximum Gasteiger partial charge on any atom is 0.147 e. The van der Waals surface area contributed by atoms with Crippen LogP contribution in [0, 0.1) is 0 Å². The highest BCUT2D eigenvalue weighted by Gasteiger charge is 2.13. The van der Waals surface area contributed by atoms with Gasteiger partial charge in [0.15, 0.2) is 0 Å². The summed E-state index contributed by atoms with van der Waals surface area (Å²) in [4.78, 5) is 10.1. The minimum atomic E-state index is 0.305. The summed E-state index contributed by atoms with van der Waals surface area (Å²) in [5.74, 6) is 1.76. The molecule has 0 bridgehead atoms. The molecule has 0 radical (unpaired) electrons. The smallest absolute Gasteiger partial charge is 0.147 e. The van der Waals surface area contributed by atoms with Gasteiger partial charge in [-0.05, 0) is 40.0 Å². The van der Waals surface area contributed by atoms with Crippen LogP contribution in [0.1, 0.15) is 31.3 Å². The topological polar surface area (TPSA) is 25.8 Å². The van der Waals surface area contributed by atoms with Crippen molar-refractivity contribution in [1.29, 1.82) is 0 Å². The van der Waals surface area contributed by atoms with E-state index >= 15 is 0 Å². The second-order valence-corrected chi connectivity index (χ2v) is 7.65. The lowest BCUT2D eigenvalue weighted by molar-refractivity contribution is 0.791. The molecule has 0 unspecified atom stereocenters. The fraction of sp³-hybridized carbons (Fsp3) is 0.286. The molecular formula is C14H13Br2ClN2S. The molecule has 1 heterocycles. The average molecular weight is 437 g/mol. The molecular weight excluding hydrogens is 423 g/mol. The maximum atomic E-state index is 6.16. The molecule has 2 aromatic rings. The summed E-state index contributed by atoms with van der Waals surface area (Å²) >= 11 is 14.8. The van der Waals surface area contributed by atoms with Gasteiger partial charge in [0.25, 0.3) is 0 Å². The number of hydrogen-bond donors (Lipinski definition) is 0. The van der Waals surface area contributed by atoms with Gasteiger partial charge in [-0.25, -0.2) is 9.97 Å². The van der Waals surface area contributed by atoms with Gasteiger partial charge in [0.05, 0.1) is 15.9 Å². The fourth-order valence-corrected chi connectivity index (χ4v) is 3.82. The van der Waals surface area contributed by atoms with Crippen LogP contribution in [0.3, 0.4) is 0 Å². The Bertz CT molecular complexity index is 620. The fourth-order valence-electron chi connectivity index (χ4n) is 1.63. The third-order valence-corrected chi connectivity index (χ3v) is 5.36. The van der Waals surface area contributed by atoms with Crippen molar-refractivity contribution >= 4 is 55.2 Å². The number of halogens is 3. The van der Waals surface area contributed by atoms with Gasteiger partial charge in [0.1, 0.15) is 11.0 Å². The molecule has 1 aromatic carbocycles. The van der Waals surface area contributed by atoms with E-state index in [0.29, 0.717) is 16.8 Å². The first kappa shape index (κ1) is 16.3. The molecule has 1 aromatic heterocycles. The Labute approximate surface area is 145 Å². The van der Waals surface area contributed by atoms with E-state index in [-0.39, 0.29) is 0 Å². The third-order valence-electron chi connectivity index (χ3n) is 2.59. The van der Waals surface area contributed by atoms with Crippen LogP contribution >= 0.6 is 55.2 Å². The van der Waals surface area contributed by atoms with Crippen molar-refractivity contribution in [2.75, 3.05) is 0 Å². The number of aromatic nitrogens is 2. The monoisotopic (exact) mass is 434 g/mol. The Morgan fingerprint density at radius 3 is 2.65 bits per heavy atom. The van der Waals surface area contributed by atoms with Crippen molar-refractivity contribution in [2.45, 2.75) is 30.4 Å². The van der Waals surface area contributed by atoms with Crippen LogP contribution in [-0.4, -0.2) is 9.97 Å². The van der Waals surface area contributed by atoms with E-state index in [1.54, 1.807) is 11.8 Å². The van der Waals surface area contributed by atoms with E-state index in [9.17, 15) is 0 Å². The highest BCUT2D eigenvalue weighted by Crippen LogP contribution is 2.30. The summed E-state index contributed by atoms with van der Waals surface area (Å²) in [6.45, 7) is 4.18. The minimum Gasteiger partial charge on any atom is -0.235 e. The quantitative estimate of drug-likeness (QED) is 0.430. The molecule has 106 valence electrons. The lowest BCUT2D eigenvalue weighted by Gasteiger charge is -2.10. The highest BCUT2D eigenvalue weighted by atomic mass is 79.9. The lowest BCUT2D eigenvalue weighted by Crippen LogP contribution is -2.02. The zero-order valence-corrected chi connectivity index (χ0v) is 15.8. The third kappa shape index (κ3) is 4.20. The first-order valence-electron chi connectivity index (χ1n) is 6.07. The Balaban J connectivity index is 2.18. The van der Waals surface area contributed by atoms with Gasteiger partial charge in [-0.2, -0.15) is 0 Å². The van der Waals surface area contributed by atoms with E-state index in [4.69, 9.17) is 11.6 Å². The van der Waals surface area contributed by atoms with Crippen molar-refractivity contribution in [3.63, 3.8) is 0 Å². The zero-order valence-electron chi connectivity index (χ0n) is 11.0. The van der Waals surface area contributed by atoms with Gasteiger partial charge >= 0.3 is 0 Å². The van der Waals surface area contributed by atoms with Crippen LogP contribution in [0.25, 0.3) is 0 Å². The van der Waals surface area contributed by atoms with E-state index in [1.807, 2.05) is 12.1 Å². The zero-order chi connectivity index (χ0) is 14.7. The normalized spacial score (nSPS) is 11.1. The van der Waals surface area contributed by atoms with Crippen LogP contribution in [-0.2, 0) is 5.75 Å². The second-order valence-electron chi connectivity index (χ2n) is 4.53. The van der Waals surface area contributed by atoms with E-state index in [2.05, 4.69) is 67.8 Å². The standard InChI is InChI=1S/C14H13Br2ClN2S/c1-8(2)13-12(16)14(17)19-11(18-13)7-20-10-5-3-4-9(15)6-10/h3-6,8H,7H2,1-2H3. The predicted octanol–water partition coefficient (Wildman–Crippen LogP) is 6.07. The Morgan fingerprint density at radius 1 is 1.25 bits per heavy atom. The molecule has 2 rings (SSSR count). The van der Waals surface area contributed by atoms with Crippen LogP contribution in [0.2, 0.25) is 5.15 Å². The molecule has 0 saturated carbocycles. The average Bonchev–Trinajstić information content (AvgIpc) is 2.39. The molecule has 2 nitrogen and oxygen atoms in total. The largest absolute Gasteiger partial charge is 0.235 e. The van der Waals surface area contributed by atoms with Crippen molar-refractivity contribution in [3.05, 3.63) is 49.9 Å². The predicted molar refractivity (Wildman–Crippen MR) is 92.5 cm³/mol. The number of rotatable bonds is 4. The van der Waals surface area contributed by atoms with Gasteiger partial charge in [-0.1, -0.05) is 47.4 Å². The molecule has 20 heavy (non-hydrogen) atoms. The molecule has 6 heteroatoms. The van der Waals surface area contributed by atoms with E-state index in [0.717, 1.165) is 20.5 Å². The number of thioether (sulfide) groups is 1. The van der Waals surface area contributed by atoms with Gasteiger partial charge in [0, 0.05) is 9.37 Å². The summed E-state index contributed by atoms with van der Waals surface area (Å²) in [5.41, 5.74) is 0.954. The first-order valence-corrected chi connectivity index (χ1v) is 9.02. The molecule has 0 aliphatic rings. The minimum absolute atomic E-state index is 0.305. The number of benzene rings is 1. The van der Waals surface area contributed by atoms with Gasteiger partial charge < -0.3 is 0 Å². The van der Waals surface area contributed by atoms with Gasteiger partial charge in [0.2, 0.25) is 0 Å². The Hall–Kier alpha value is -0.100. The molecule has 0 fully saturated rings. The summed E-state index contributed by atoms with van der Waals surface area (Å²) < 4.78 is 1.87. The number of hydrogen-bond acceptors (Lipinski definition) is 3. The molecule has 0 saturated heterocycles. The van der Waals surface area contributed by atoms with E-state index < -0.39 is 0 Å². The maximum absolute atomic E-state index is 6.16. The van der Waals surface area contributed by atoms with Crippen LogP contribution in [0.5, 0.6) is 0 Å². The molecule has 0 spiro atoms. The SMILES string of the molecule is CC(C)c1nc(CSc2cccc(Br)c2)nc(Cl)c1Br. The Kier molecular flexibility index (Phi) is 5.90. The molecule has 0 aliphatic carbocycles. The van der Waals surface area contributed by atoms with Crippen molar-refractivity contribution in [3.8, 4) is 0 Å². The lowest BCUT2D eigenvalue weighted by atomic mass is 10.1.